The highest BCUT2D eigenvalue weighted by Crippen LogP contribution is 2.28. The molecule has 9 nitrogen and oxygen atoms in total. The summed E-state index contributed by atoms with van der Waals surface area (Å²) in [5, 5.41) is 13.8. The largest absolute Gasteiger partial charge is 0.497 e. The summed E-state index contributed by atoms with van der Waals surface area (Å²) >= 11 is 2.40. The molecule has 0 bridgehead atoms. The number of carbonyl (C=O) groups is 2. The Hall–Kier alpha value is -3.31. The Morgan fingerprint density at radius 2 is 1.55 bits per heavy atom. The first-order chi connectivity index (χ1) is 16.0. The van der Waals surface area contributed by atoms with Crippen molar-refractivity contribution in [2.75, 3.05) is 31.9 Å². The molecule has 33 heavy (non-hydrogen) atoms. The maximum absolute atomic E-state index is 12.8. The fourth-order valence-electron chi connectivity index (χ4n) is 2.85. The third-order valence-corrected chi connectivity index (χ3v) is 6.39. The minimum Gasteiger partial charge on any atom is -0.497 e. The van der Waals surface area contributed by atoms with Crippen molar-refractivity contribution in [1.29, 1.82) is 0 Å². The lowest BCUT2D eigenvalue weighted by Crippen LogP contribution is -2.30. The van der Waals surface area contributed by atoms with Crippen molar-refractivity contribution in [3.05, 3.63) is 59.7 Å². The predicted octanol–water partition coefficient (Wildman–Crippen LogP) is 4.12. The summed E-state index contributed by atoms with van der Waals surface area (Å²) in [5.41, 5.74) is 1.83. The molecular weight excluding hydrogens is 464 g/mol. The van der Waals surface area contributed by atoms with Crippen LogP contribution in [0.3, 0.4) is 0 Å². The van der Waals surface area contributed by atoms with Crippen molar-refractivity contribution in [3.63, 3.8) is 0 Å². The highest BCUT2D eigenvalue weighted by Gasteiger charge is 2.18. The van der Waals surface area contributed by atoms with Gasteiger partial charge in [0.25, 0.3) is 0 Å². The first-order valence-corrected chi connectivity index (χ1v) is 11.8. The zero-order chi connectivity index (χ0) is 23.6. The van der Waals surface area contributed by atoms with Crippen molar-refractivity contribution in [1.82, 2.24) is 15.5 Å². The Morgan fingerprint density at radius 1 is 0.970 bits per heavy atom. The van der Waals surface area contributed by atoms with E-state index in [0.29, 0.717) is 9.47 Å². The van der Waals surface area contributed by atoms with Crippen LogP contribution in [0.15, 0.2) is 52.9 Å². The van der Waals surface area contributed by atoms with Crippen LogP contribution >= 0.6 is 23.1 Å². The third-order valence-electron chi connectivity index (χ3n) is 4.42. The van der Waals surface area contributed by atoms with Crippen LogP contribution in [0.2, 0.25) is 0 Å². The van der Waals surface area contributed by atoms with E-state index in [0.717, 1.165) is 22.6 Å². The number of nitrogens with one attached hydrogen (secondary N) is 2. The fraction of sp³-hybridized carbons (Fsp3) is 0.273. The Morgan fingerprint density at radius 3 is 2.06 bits per heavy atom. The van der Waals surface area contributed by atoms with Crippen molar-refractivity contribution >= 4 is 40.2 Å². The van der Waals surface area contributed by atoms with Gasteiger partial charge in [-0.25, -0.2) is 4.79 Å². The summed E-state index contributed by atoms with van der Waals surface area (Å²) in [6.07, 6.45) is -0.593. The van der Waals surface area contributed by atoms with Gasteiger partial charge < -0.3 is 19.5 Å². The summed E-state index contributed by atoms with van der Waals surface area (Å²) in [4.78, 5) is 24.3. The van der Waals surface area contributed by atoms with E-state index >= 15 is 0 Å². The monoisotopic (exact) mass is 488 g/mol. The van der Waals surface area contributed by atoms with Crippen LogP contribution < -0.4 is 20.1 Å². The molecule has 0 fully saturated rings. The van der Waals surface area contributed by atoms with Crippen LogP contribution in [-0.4, -0.2) is 48.8 Å². The number of carbonyl (C=O) groups excluding carboxylic acids is 2. The van der Waals surface area contributed by atoms with Gasteiger partial charge in [-0.2, -0.15) is 0 Å². The van der Waals surface area contributed by atoms with Crippen LogP contribution in [0, 0.1) is 0 Å². The molecule has 0 aliphatic heterocycles. The molecule has 11 heteroatoms. The lowest BCUT2D eigenvalue weighted by Gasteiger charge is -2.20. The van der Waals surface area contributed by atoms with Crippen LogP contribution in [0.25, 0.3) is 0 Å². The molecule has 0 unspecified atom stereocenters. The molecule has 2 N–H and O–H groups in total. The Bertz CT molecular complexity index is 1010. The van der Waals surface area contributed by atoms with Crippen LogP contribution in [0.1, 0.15) is 24.1 Å². The lowest BCUT2D eigenvalue weighted by atomic mass is 9.98. The van der Waals surface area contributed by atoms with Crippen molar-refractivity contribution < 1.29 is 23.8 Å². The van der Waals surface area contributed by atoms with Crippen molar-refractivity contribution in [2.45, 2.75) is 17.3 Å². The molecule has 0 atom stereocenters. The standard InChI is InChI=1S/C22H24N4O5S2/c1-4-31-21(28)24-20-25-26-22(33-20)32-13-18(27)23-19(14-5-9-16(29-2)10-6-14)15-7-11-17(30-3)12-8-15/h5-12,19H,4,13H2,1-3H3,(H,23,27)(H,24,25,28). The van der Waals surface area contributed by atoms with E-state index in [9.17, 15) is 9.59 Å². The number of hydrogen-bond acceptors (Lipinski definition) is 9. The molecule has 0 saturated heterocycles. The summed E-state index contributed by atoms with van der Waals surface area (Å²) in [6, 6.07) is 14.7. The van der Waals surface area contributed by atoms with Gasteiger partial charge in [-0.3, -0.25) is 10.1 Å². The van der Waals surface area contributed by atoms with Gasteiger partial charge in [0.1, 0.15) is 11.5 Å². The quantitative estimate of drug-likeness (QED) is 0.324. The molecule has 1 aromatic heterocycles. The van der Waals surface area contributed by atoms with Gasteiger partial charge in [0.2, 0.25) is 11.0 Å². The second-order valence-electron chi connectivity index (χ2n) is 6.55. The van der Waals surface area contributed by atoms with E-state index in [1.54, 1.807) is 21.1 Å². The molecule has 3 rings (SSSR count). The molecule has 2 aromatic carbocycles. The number of benzene rings is 2. The number of methoxy groups -OCH3 is 2. The highest BCUT2D eigenvalue weighted by molar-refractivity contribution is 8.01. The maximum Gasteiger partial charge on any atom is 0.413 e. The highest BCUT2D eigenvalue weighted by atomic mass is 32.2. The number of hydrogen-bond donors (Lipinski definition) is 2. The summed E-state index contributed by atoms with van der Waals surface area (Å²) in [6.45, 7) is 1.97. The number of amides is 2. The zero-order valence-corrected chi connectivity index (χ0v) is 20.0. The second kappa shape index (κ2) is 12.1. The number of aromatic nitrogens is 2. The van der Waals surface area contributed by atoms with E-state index in [-0.39, 0.29) is 24.3 Å². The number of nitrogens with zero attached hydrogens (tertiary/aromatic N) is 2. The Labute approximate surface area is 199 Å². The first kappa shape index (κ1) is 24.3. The van der Waals surface area contributed by atoms with Crippen molar-refractivity contribution in [3.8, 4) is 11.5 Å². The van der Waals surface area contributed by atoms with Gasteiger partial charge in [-0.05, 0) is 42.3 Å². The van der Waals surface area contributed by atoms with Crippen LogP contribution in [0.4, 0.5) is 9.93 Å². The van der Waals surface area contributed by atoms with Gasteiger partial charge in [-0.1, -0.05) is 47.4 Å². The molecule has 0 saturated carbocycles. The van der Waals surface area contributed by atoms with Gasteiger partial charge in [0, 0.05) is 0 Å². The van der Waals surface area contributed by atoms with Gasteiger partial charge >= 0.3 is 6.09 Å². The SMILES string of the molecule is CCOC(=O)Nc1nnc(SCC(=O)NC(c2ccc(OC)cc2)c2ccc(OC)cc2)s1. The third kappa shape index (κ3) is 7.09. The van der Waals surface area contributed by atoms with Gasteiger partial charge in [0.15, 0.2) is 4.34 Å². The van der Waals surface area contributed by atoms with Gasteiger partial charge in [-0.15, -0.1) is 10.2 Å². The van der Waals surface area contributed by atoms with E-state index in [1.165, 1.54) is 23.1 Å². The lowest BCUT2D eigenvalue weighted by molar-refractivity contribution is -0.119. The molecular formula is C22H24N4O5S2. The molecule has 0 aliphatic rings. The summed E-state index contributed by atoms with van der Waals surface area (Å²) < 4.78 is 15.9. The molecule has 0 spiro atoms. The molecule has 3 aromatic rings. The molecule has 2 amide bonds. The predicted molar refractivity (Wildman–Crippen MR) is 127 cm³/mol. The summed E-state index contributed by atoms with van der Waals surface area (Å²) in [7, 11) is 3.21. The average molecular weight is 489 g/mol. The smallest absolute Gasteiger partial charge is 0.413 e. The average Bonchev–Trinajstić information content (AvgIpc) is 3.28. The van der Waals surface area contributed by atoms with E-state index in [2.05, 4.69) is 20.8 Å². The minimum atomic E-state index is -0.593. The Balaban J connectivity index is 1.67. The molecule has 1 heterocycles. The van der Waals surface area contributed by atoms with E-state index < -0.39 is 6.09 Å². The van der Waals surface area contributed by atoms with Crippen molar-refractivity contribution in [2.24, 2.45) is 0 Å². The van der Waals surface area contributed by atoms with E-state index in [1.807, 2.05) is 48.5 Å². The maximum atomic E-state index is 12.8. The topological polar surface area (TPSA) is 112 Å². The Kier molecular flexibility index (Phi) is 8.90. The normalized spacial score (nSPS) is 10.5. The van der Waals surface area contributed by atoms with E-state index in [4.69, 9.17) is 14.2 Å². The molecule has 0 radical (unpaired) electrons. The second-order valence-corrected chi connectivity index (χ2v) is 8.75. The number of thioether (sulfide) groups is 1. The minimum absolute atomic E-state index is 0.136. The number of rotatable bonds is 10. The fourth-order valence-corrected chi connectivity index (χ4v) is 4.40. The number of ether oxygens (including phenoxy) is 3. The first-order valence-electron chi connectivity index (χ1n) is 9.99. The molecule has 174 valence electrons. The van der Waals surface area contributed by atoms with Gasteiger partial charge in [0.05, 0.1) is 32.6 Å². The molecule has 0 aliphatic carbocycles. The van der Waals surface area contributed by atoms with Crippen LogP contribution in [-0.2, 0) is 9.53 Å². The van der Waals surface area contributed by atoms with Crippen LogP contribution in [0.5, 0.6) is 11.5 Å². The zero-order valence-electron chi connectivity index (χ0n) is 18.4. The summed E-state index contributed by atoms with van der Waals surface area (Å²) in [5.74, 6) is 1.43. The number of anilines is 1.